The Kier molecular flexibility index (Phi) is 4.41. The van der Waals surface area contributed by atoms with E-state index in [0.717, 1.165) is 11.3 Å². The maximum Gasteiger partial charge on any atom is 0.308 e. The fourth-order valence-corrected chi connectivity index (χ4v) is 4.49. The third-order valence-corrected chi connectivity index (χ3v) is 5.91. The Morgan fingerprint density at radius 1 is 1.50 bits per heavy atom. The topological polar surface area (TPSA) is 113 Å². The number of amides is 1. The maximum absolute atomic E-state index is 12.1. The largest absolute Gasteiger partial charge is 0.481 e. The summed E-state index contributed by atoms with van der Waals surface area (Å²) in [5.41, 5.74) is 0. The molecule has 1 fully saturated rings. The highest BCUT2D eigenvalue weighted by atomic mass is 32.2. The van der Waals surface area contributed by atoms with Crippen molar-refractivity contribution in [1.29, 1.82) is 0 Å². The van der Waals surface area contributed by atoms with Gasteiger partial charge in [-0.25, -0.2) is 13.1 Å². The predicted octanol–water partition coefficient (Wildman–Crippen LogP) is -0.0679. The summed E-state index contributed by atoms with van der Waals surface area (Å²) in [6.45, 7) is 0.269. The quantitative estimate of drug-likeness (QED) is 0.703. The highest BCUT2D eigenvalue weighted by Gasteiger charge is 2.25. The van der Waals surface area contributed by atoms with Gasteiger partial charge in [0, 0.05) is 23.9 Å². The van der Waals surface area contributed by atoms with Crippen LogP contribution in [0.15, 0.2) is 16.3 Å². The first-order valence-electron chi connectivity index (χ1n) is 5.96. The molecule has 1 aliphatic heterocycles. The van der Waals surface area contributed by atoms with E-state index in [1.165, 1.54) is 12.1 Å². The van der Waals surface area contributed by atoms with Crippen LogP contribution in [0.1, 0.15) is 17.7 Å². The fourth-order valence-electron chi connectivity index (χ4n) is 1.86. The van der Waals surface area contributed by atoms with Gasteiger partial charge in [0.1, 0.15) is 4.21 Å². The van der Waals surface area contributed by atoms with Gasteiger partial charge in [-0.3, -0.25) is 9.59 Å². The fraction of sp³-hybridized carbons (Fsp3) is 0.455. The monoisotopic (exact) mass is 318 g/mol. The third-order valence-electron chi connectivity index (χ3n) is 2.81. The minimum absolute atomic E-state index is 0.0830. The van der Waals surface area contributed by atoms with Crippen LogP contribution < -0.4 is 10.0 Å². The molecular formula is C11H14N2O5S2. The van der Waals surface area contributed by atoms with Gasteiger partial charge < -0.3 is 10.4 Å². The second-order valence-electron chi connectivity index (χ2n) is 4.45. The predicted molar refractivity (Wildman–Crippen MR) is 72.0 cm³/mol. The second kappa shape index (κ2) is 5.90. The van der Waals surface area contributed by atoms with E-state index in [4.69, 9.17) is 5.11 Å². The van der Waals surface area contributed by atoms with Gasteiger partial charge >= 0.3 is 5.97 Å². The zero-order valence-corrected chi connectivity index (χ0v) is 12.1. The number of carboxylic acid groups (broad SMARTS) is 1. The molecule has 2 heterocycles. The van der Waals surface area contributed by atoms with Gasteiger partial charge in [0.25, 0.3) is 0 Å². The number of rotatable bonds is 5. The van der Waals surface area contributed by atoms with Crippen LogP contribution in [0.4, 0.5) is 0 Å². The zero-order chi connectivity index (χ0) is 14.8. The van der Waals surface area contributed by atoms with Crippen LogP contribution in [0.25, 0.3) is 0 Å². The molecule has 1 aliphatic rings. The maximum atomic E-state index is 12.1. The standard InChI is InChI=1S/C11H14N2O5S2/c14-9-3-1-7(6-12-9)13-20(17,18)11-4-2-8(19-11)5-10(15)16/h2,4,7,13H,1,3,5-6H2,(H,12,14)(H,15,16). The van der Waals surface area contributed by atoms with Gasteiger partial charge in [-0.05, 0) is 18.6 Å². The van der Waals surface area contributed by atoms with E-state index in [-0.39, 0.29) is 29.1 Å². The number of nitrogens with one attached hydrogen (secondary N) is 2. The Bertz CT molecular complexity index is 613. The molecule has 20 heavy (non-hydrogen) atoms. The Labute approximate surface area is 120 Å². The summed E-state index contributed by atoms with van der Waals surface area (Å²) in [6.07, 6.45) is 0.556. The van der Waals surface area contributed by atoms with Crippen molar-refractivity contribution >= 4 is 33.2 Å². The summed E-state index contributed by atoms with van der Waals surface area (Å²) in [4.78, 5) is 22.1. The number of hydrogen-bond acceptors (Lipinski definition) is 5. The van der Waals surface area contributed by atoms with E-state index < -0.39 is 16.0 Å². The lowest BCUT2D eigenvalue weighted by atomic mass is 10.1. The molecule has 0 bridgehead atoms. The molecule has 1 atom stereocenters. The van der Waals surface area contributed by atoms with Crippen LogP contribution in [-0.2, 0) is 26.0 Å². The van der Waals surface area contributed by atoms with Crippen LogP contribution in [0, 0.1) is 0 Å². The summed E-state index contributed by atoms with van der Waals surface area (Å²) < 4.78 is 26.8. The van der Waals surface area contributed by atoms with Gasteiger partial charge in [0.05, 0.1) is 6.42 Å². The molecule has 9 heteroatoms. The van der Waals surface area contributed by atoms with Crippen molar-refractivity contribution in [3.05, 3.63) is 17.0 Å². The van der Waals surface area contributed by atoms with Crippen LogP contribution in [0.2, 0.25) is 0 Å². The van der Waals surface area contributed by atoms with E-state index in [0.29, 0.717) is 17.7 Å². The zero-order valence-electron chi connectivity index (χ0n) is 10.5. The molecule has 1 saturated heterocycles. The average Bonchev–Trinajstić information content (AvgIpc) is 2.80. The lowest BCUT2D eigenvalue weighted by Gasteiger charge is -2.22. The Morgan fingerprint density at radius 2 is 2.25 bits per heavy atom. The number of piperidine rings is 1. The van der Waals surface area contributed by atoms with E-state index in [1.54, 1.807) is 0 Å². The van der Waals surface area contributed by atoms with Gasteiger partial charge in [0.2, 0.25) is 15.9 Å². The number of thiophene rings is 1. The smallest absolute Gasteiger partial charge is 0.308 e. The van der Waals surface area contributed by atoms with E-state index >= 15 is 0 Å². The Hall–Kier alpha value is -1.45. The molecule has 7 nitrogen and oxygen atoms in total. The molecule has 0 aromatic carbocycles. The molecule has 0 spiro atoms. The first kappa shape index (κ1) is 14.9. The van der Waals surface area contributed by atoms with Crippen molar-refractivity contribution < 1.29 is 23.1 Å². The van der Waals surface area contributed by atoms with Crippen molar-refractivity contribution in [3.63, 3.8) is 0 Å². The van der Waals surface area contributed by atoms with Crippen molar-refractivity contribution in [1.82, 2.24) is 10.0 Å². The molecule has 1 aromatic heterocycles. The van der Waals surface area contributed by atoms with Crippen LogP contribution in [0.5, 0.6) is 0 Å². The van der Waals surface area contributed by atoms with Crippen molar-refractivity contribution in [2.45, 2.75) is 29.5 Å². The highest BCUT2D eigenvalue weighted by molar-refractivity contribution is 7.91. The number of carbonyl (C=O) groups excluding carboxylic acids is 1. The van der Waals surface area contributed by atoms with Gasteiger partial charge in [0.15, 0.2) is 0 Å². The van der Waals surface area contributed by atoms with E-state index in [9.17, 15) is 18.0 Å². The first-order valence-corrected chi connectivity index (χ1v) is 8.26. The normalized spacial score (nSPS) is 19.6. The molecule has 0 radical (unpaired) electrons. The minimum Gasteiger partial charge on any atom is -0.481 e. The number of aliphatic carboxylic acids is 1. The molecule has 1 amide bonds. The van der Waals surface area contributed by atoms with Crippen LogP contribution >= 0.6 is 11.3 Å². The lowest BCUT2D eigenvalue weighted by Crippen LogP contribution is -2.47. The molecular weight excluding hydrogens is 304 g/mol. The molecule has 1 unspecified atom stereocenters. The third kappa shape index (κ3) is 3.78. The van der Waals surface area contributed by atoms with Crippen molar-refractivity contribution in [2.75, 3.05) is 6.54 Å². The molecule has 0 saturated carbocycles. The summed E-state index contributed by atoms with van der Waals surface area (Å²) in [6, 6.07) is 2.56. The Balaban J connectivity index is 2.04. The molecule has 0 aliphatic carbocycles. The molecule has 3 N–H and O–H groups in total. The van der Waals surface area contributed by atoms with E-state index in [1.807, 2.05) is 0 Å². The number of carboxylic acids is 1. The minimum atomic E-state index is -3.67. The molecule has 1 aromatic rings. The number of carbonyl (C=O) groups is 2. The summed E-state index contributed by atoms with van der Waals surface area (Å²) >= 11 is 0.939. The molecule has 110 valence electrons. The highest BCUT2D eigenvalue weighted by Crippen LogP contribution is 2.22. The summed E-state index contributed by atoms with van der Waals surface area (Å²) in [5, 5.41) is 11.3. The van der Waals surface area contributed by atoms with Crippen molar-refractivity contribution in [3.8, 4) is 0 Å². The second-order valence-corrected chi connectivity index (χ2v) is 7.56. The SMILES string of the molecule is O=C(O)Cc1ccc(S(=O)(=O)NC2CCC(=O)NC2)s1. The Morgan fingerprint density at radius 3 is 2.85 bits per heavy atom. The van der Waals surface area contributed by atoms with Gasteiger partial charge in [-0.1, -0.05) is 0 Å². The number of sulfonamides is 1. The molecule has 2 rings (SSSR count). The summed E-state index contributed by atoms with van der Waals surface area (Å²) in [5.74, 6) is -1.08. The van der Waals surface area contributed by atoms with Crippen LogP contribution in [-0.4, -0.2) is 38.0 Å². The van der Waals surface area contributed by atoms with Gasteiger partial charge in [-0.2, -0.15) is 0 Å². The van der Waals surface area contributed by atoms with Crippen LogP contribution in [0.3, 0.4) is 0 Å². The first-order chi connectivity index (χ1) is 9.37. The van der Waals surface area contributed by atoms with Crippen molar-refractivity contribution in [2.24, 2.45) is 0 Å². The average molecular weight is 318 g/mol. The van der Waals surface area contributed by atoms with E-state index in [2.05, 4.69) is 10.0 Å². The number of hydrogen-bond donors (Lipinski definition) is 3. The lowest BCUT2D eigenvalue weighted by molar-refractivity contribution is -0.136. The van der Waals surface area contributed by atoms with Gasteiger partial charge in [-0.15, -0.1) is 11.3 Å². The summed E-state index contributed by atoms with van der Waals surface area (Å²) in [7, 11) is -3.67.